The summed E-state index contributed by atoms with van der Waals surface area (Å²) in [4.78, 5) is 21.7. The molecular formula is C17H14Cl2N4O2S. The van der Waals surface area contributed by atoms with Crippen LogP contribution in [0.5, 0.6) is 0 Å². The van der Waals surface area contributed by atoms with E-state index in [0.29, 0.717) is 53.5 Å². The molecule has 4 heterocycles. The highest BCUT2D eigenvalue weighted by atomic mass is 35.5. The highest BCUT2D eigenvalue weighted by Crippen LogP contribution is 2.28. The maximum absolute atomic E-state index is 12.7. The van der Waals surface area contributed by atoms with E-state index in [1.807, 2.05) is 22.4 Å². The minimum absolute atomic E-state index is 0.133. The normalized spacial score (nSPS) is 14.7. The van der Waals surface area contributed by atoms with E-state index in [9.17, 15) is 4.79 Å². The molecule has 1 aliphatic rings. The number of hydrogen-bond acceptors (Lipinski definition) is 6. The van der Waals surface area contributed by atoms with Crippen LogP contribution in [0.2, 0.25) is 10.0 Å². The minimum atomic E-state index is -0.133. The van der Waals surface area contributed by atoms with Gasteiger partial charge in [0.2, 0.25) is 0 Å². The second-order valence-electron chi connectivity index (χ2n) is 5.79. The van der Waals surface area contributed by atoms with Crippen molar-refractivity contribution in [2.24, 2.45) is 0 Å². The van der Waals surface area contributed by atoms with Crippen LogP contribution in [0.15, 0.2) is 40.4 Å². The predicted octanol–water partition coefficient (Wildman–Crippen LogP) is 4.07. The van der Waals surface area contributed by atoms with Crippen molar-refractivity contribution in [1.29, 1.82) is 0 Å². The van der Waals surface area contributed by atoms with Crippen LogP contribution >= 0.6 is 34.5 Å². The van der Waals surface area contributed by atoms with Crippen molar-refractivity contribution in [3.8, 4) is 10.6 Å². The topological polar surface area (TPSA) is 62.5 Å². The van der Waals surface area contributed by atoms with E-state index in [1.54, 1.807) is 34.6 Å². The predicted molar refractivity (Wildman–Crippen MR) is 102 cm³/mol. The van der Waals surface area contributed by atoms with Gasteiger partial charge in [-0.2, -0.15) is 0 Å². The van der Waals surface area contributed by atoms with Crippen LogP contribution in [0.3, 0.4) is 0 Å². The lowest BCUT2D eigenvalue weighted by Gasteiger charge is -2.35. The molecule has 0 radical (unpaired) electrons. The highest BCUT2D eigenvalue weighted by molar-refractivity contribution is 7.13. The Bertz CT molecular complexity index is 921. The van der Waals surface area contributed by atoms with Gasteiger partial charge in [-0.15, -0.1) is 11.3 Å². The highest BCUT2D eigenvalue weighted by Gasteiger charge is 2.26. The maximum Gasteiger partial charge on any atom is 0.276 e. The van der Waals surface area contributed by atoms with Crippen molar-refractivity contribution >= 4 is 46.3 Å². The number of pyridine rings is 1. The fourth-order valence-electron chi connectivity index (χ4n) is 2.83. The van der Waals surface area contributed by atoms with Crippen molar-refractivity contribution in [2.75, 3.05) is 31.1 Å². The quantitative estimate of drug-likeness (QED) is 0.653. The molecule has 1 fully saturated rings. The third kappa shape index (κ3) is 3.42. The van der Waals surface area contributed by atoms with Crippen molar-refractivity contribution in [3.05, 3.63) is 51.6 Å². The first-order chi connectivity index (χ1) is 12.6. The smallest absolute Gasteiger partial charge is 0.276 e. The standard InChI is InChI=1S/C17H14Cl2N4O2S/c18-11-8-12(19)16(20-10-11)22-3-5-23(6-4-22)17(24)13-9-14(25-21-13)15-2-1-7-26-15/h1-2,7-10H,3-6H2. The summed E-state index contributed by atoms with van der Waals surface area (Å²) in [6.07, 6.45) is 1.57. The Morgan fingerprint density at radius 3 is 2.69 bits per heavy atom. The van der Waals surface area contributed by atoms with Crippen LogP contribution in [-0.2, 0) is 0 Å². The summed E-state index contributed by atoms with van der Waals surface area (Å²) >= 11 is 13.7. The summed E-state index contributed by atoms with van der Waals surface area (Å²) in [6.45, 7) is 2.38. The van der Waals surface area contributed by atoms with Crippen LogP contribution < -0.4 is 4.90 Å². The number of anilines is 1. The fraction of sp³-hybridized carbons (Fsp3) is 0.235. The molecule has 1 saturated heterocycles. The number of amides is 1. The van der Waals surface area contributed by atoms with Gasteiger partial charge in [-0.1, -0.05) is 34.4 Å². The number of aromatic nitrogens is 2. The molecule has 3 aromatic heterocycles. The lowest BCUT2D eigenvalue weighted by Crippen LogP contribution is -2.49. The molecule has 0 saturated carbocycles. The van der Waals surface area contributed by atoms with Gasteiger partial charge in [-0.25, -0.2) is 4.98 Å². The van der Waals surface area contributed by atoms with Gasteiger partial charge in [0.1, 0.15) is 5.82 Å². The first kappa shape index (κ1) is 17.3. The number of halogens is 2. The number of hydrogen-bond donors (Lipinski definition) is 0. The molecule has 0 aromatic carbocycles. The molecule has 0 spiro atoms. The molecule has 0 aliphatic carbocycles. The van der Waals surface area contributed by atoms with E-state index < -0.39 is 0 Å². The van der Waals surface area contributed by atoms with E-state index in [0.717, 1.165) is 4.88 Å². The number of nitrogens with zero attached hydrogens (tertiary/aromatic N) is 4. The van der Waals surface area contributed by atoms with Crippen LogP contribution in [0.1, 0.15) is 10.5 Å². The SMILES string of the molecule is O=C(c1cc(-c2cccs2)on1)N1CCN(c2ncc(Cl)cc2Cl)CC1. The summed E-state index contributed by atoms with van der Waals surface area (Å²) in [5.41, 5.74) is 0.324. The third-order valence-corrected chi connectivity index (χ3v) is 5.52. The second kappa shape index (κ2) is 7.26. The van der Waals surface area contributed by atoms with Crippen molar-refractivity contribution in [2.45, 2.75) is 0 Å². The van der Waals surface area contributed by atoms with Crippen molar-refractivity contribution in [3.63, 3.8) is 0 Å². The first-order valence-electron chi connectivity index (χ1n) is 7.97. The molecule has 3 aromatic rings. The minimum Gasteiger partial charge on any atom is -0.355 e. The van der Waals surface area contributed by atoms with E-state index in [4.69, 9.17) is 27.7 Å². The van der Waals surface area contributed by atoms with Gasteiger partial charge in [-0.3, -0.25) is 4.79 Å². The summed E-state index contributed by atoms with van der Waals surface area (Å²) in [7, 11) is 0. The van der Waals surface area contributed by atoms with E-state index in [2.05, 4.69) is 10.1 Å². The van der Waals surface area contributed by atoms with Gasteiger partial charge in [0.15, 0.2) is 11.5 Å². The molecule has 0 N–H and O–H groups in total. The molecule has 0 unspecified atom stereocenters. The van der Waals surface area contributed by atoms with Gasteiger partial charge in [0, 0.05) is 38.4 Å². The summed E-state index contributed by atoms with van der Waals surface area (Å²) in [6, 6.07) is 7.23. The van der Waals surface area contributed by atoms with Crippen molar-refractivity contribution in [1.82, 2.24) is 15.0 Å². The number of piperazine rings is 1. The number of rotatable bonds is 3. The first-order valence-corrected chi connectivity index (χ1v) is 9.61. The molecule has 6 nitrogen and oxygen atoms in total. The van der Waals surface area contributed by atoms with Gasteiger partial charge < -0.3 is 14.3 Å². The summed E-state index contributed by atoms with van der Waals surface area (Å²) in [5, 5.41) is 6.89. The molecule has 1 amide bonds. The number of thiophene rings is 1. The summed E-state index contributed by atoms with van der Waals surface area (Å²) < 4.78 is 5.30. The van der Waals surface area contributed by atoms with Crippen LogP contribution in [0, 0.1) is 0 Å². The van der Waals surface area contributed by atoms with Crippen LogP contribution in [-0.4, -0.2) is 47.1 Å². The second-order valence-corrected chi connectivity index (χ2v) is 7.58. The zero-order valence-corrected chi connectivity index (χ0v) is 15.9. The third-order valence-electron chi connectivity index (χ3n) is 4.15. The van der Waals surface area contributed by atoms with E-state index >= 15 is 0 Å². The lowest BCUT2D eigenvalue weighted by atomic mass is 10.2. The molecule has 0 bridgehead atoms. The average Bonchev–Trinajstić information content (AvgIpc) is 3.33. The van der Waals surface area contributed by atoms with Gasteiger partial charge in [0.25, 0.3) is 5.91 Å². The van der Waals surface area contributed by atoms with Crippen LogP contribution in [0.25, 0.3) is 10.6 Å². The maximum atomic E-state index is 12.7. The van der Waals surface area contributed by atoms with Crippen LogP contribution in [0.4, 0.5) is 5.82 Å². The lowest BCUT2D eigenvalue weighted by molar-refractivity contribution is 0.0736. The Balaban J connectivity index is 1.42. The Kier molecular flexibility index (Phi) is 4.84. The van der Waals surface area contributed by atoms with E-state index in [-0.39, 0.29) is 5.91 Å². The number of carbonyl (C=O) groups excluding carboxylic acids is 1. The fourth-order valence-corrected chi connectivity index (χ4v) is 4.01. The zero-order chi connectivity index (χ0) is 18.1. The Hall–Kier alpha value is -2.09. The molecule has 4 rings (SSSR count). The molecule has 134 valence electrons. The average molecular weight is 409 g/mol. The van der Waals surface area contributed by atoms with Gasteiger partial charge >= 0.3 is 0 Å². The molecule has 1 aliphatic heterocycles. The van der Waals surface area contributed by atoms with E-state index in [1.165, 1.54) is 0 Å². The molecule has 0 atom stereocenters. The largest absolute Gasteiger partial charge is 0.355 e. The Morgan fingerprint density at radius 2 is 2.00 bits per heavy atom. The Morgan fingerprint density at radius 1 is 1.19 bits per heavy atom. The monoisotopic (exact) mass is 408 g/mol. The zero-order valence-electron chi connectivity index (χ0n) is 13.6. The van der Waals surface area contributed by atoms with Crippen molar-refractivity contribution < 1.29 is 9.32 Å². The molecule has 26 heavy (non-hydrogen) atoms. The molecular weight excluding hydrogens is 395 g/mol. The molecule has 9 heteroatoms. The number of carbonyl (C=O) groups is 1. The van der Waals surface area contributed by atoms with Gasteiger partial charge in [0.05, 0.1) is 14.9 Å². The Labute approximate surface area is 163 Å². The summed E-state index contributed by atoms with van der Waals surface area (Å²) in [5.74, 6) is 1.16. The van der Waals surface area contributed by atoms with Gasteiger partial charge in [-0.05, 0) is 17.5 Å².